The number of nitrogens with zero attached hydrogens (tertiary/aromatic N) is 2. The Bertz CT molecular complexity index is 1260. The van der Waals surface area contributed by atoms with Crippen LogP contribution in [-0.4, -0.2) is 50.5 Å². The van der Waals surface area contributed by atoms with Crippen molar-refractivity contribution in [2.75, 3.05) is 27.3 Å². The summed E-state index contributed by atoms with van der Waals surface area (Å²) < 4.78 is 40.1. The number of carbonyl (C=O) groups excluding carboxylic acids is 1. The number of benzene rings is 2. The van der Waals surface area contributed by atoms with Gasteiger partial charge in [-0.3, -0.25) is 4.79 Å². The quantitative estimate of drug-likeness (QED) is 0.501. The van der Waals surface area contributed by atoms with Crippen LogP contribution in [0.4, 0.5) is 0 Å². The van der Waals surface area contributed by atoms with E-state index in [0.29, 0.717) is 49.0 Å². The van der Waals surface area contributed by atoms with Crippen LogP contribution in [0.2, 0.25) is 0 Å². The largest absolute Gasteiger partial charge is 0.497 e. The number of amides is 1. The van der Waals surface area contributed by atoms with E-state index in [-0.39, 0.29) is 5.91 Å². The number of hydrogen-bond acceptors (Lipinski definition) is 5. The summed E-state index contributed by atoms with van der Waals surface area (Å²) in [7, 11) is -0.295. The second-order valence-corrected chi connectivity index (χ2v) is 10.3. The standard InChI is InChI=1S/C25H31N3O5S/c1-32-21-7-6-20(24(17-21)33-2)18-26-25(29)11-15-27-14-10-19-16-22(8-9-23(19)27)34(30,31)28-12-4-3-5-13-28/h6-10,14,16-17H,3-5,11-13,15,18H2,1-2H3,(H,26,29). The van der Waals surface area contributed by atoms with Crippen molar-refractivity contribution in [3.63, 3.8) is 0 Å². The monoisotopic (exact) mass is 485 g/mol. The number of hydrogen-bond donors (Lipinski definition) is 1. The molecule has 1 N–H and O–H groups in total. The molecule has 1 fully saturated rings. The highest BCUT2D eigenvalue weighted by Crippen LogP contribution is 2.26. The van der Waals surface area contributed by atoms with Crippen molar-refractivity contribution < 1.29 is 22.7 Å². The number of rotatable bonds is 9. The van der Waals surface area contributed by atoms with E-state index in [4.69, 9.17) is 9.47 Å². The number of nitrogens with one attached hydrogen (secondary N) is 1. The van der Waals surface area contributed by atoms with Crippen LogP contribution in [0.3, 0.4) is 0 Å². The second-order valence-electron chi connectivity index (χ2n) is 8.40. The van der Waals surface area contributed by atoms with Crippen LogP contribution in [0.1, 0.15) is 31.2 Å². The molecule has 1 aliphatic heterocycles. The van der Waals surface area contributed by atoms with E-state index < -0.39 is 10.0 Å². The first-order chi connectivity index (χ1) is 16.4. The minimum Gasteiger partial charge on any atom is -0.497 e. The molecule has 2 aromatic carbocycles. The summed E-state index contributed by atoms with van der Waals surface area (Å²) in [4.78, 5) is 12.8. The maximum absolute atomic E-state index is 13.0. The van der Waals surface area contributed by atoms with Crippen LogP contribution in [0.15, 0.2) is 53.6 Å². The predicted molar refractivity (Wildman–Crippen MR) is 131 cm³/mol. The van der Waals surface area contributed by atoms with Crippen LogP contribution in [-0.2, 0) is 27.9 Å². The van der Waals surface area contributed by atoms with Crippen LogP contribution in [0, 0.1) is 0 Å². The van der Waals surface area contributed by atoms with Crippen molar-refractivity contribution in [1.82, 2.24) is 14.2 Å². The van der Waals surface area contributed by atoms with Crippen LogP contribution >= 0.6 is 0 Å². The SMILES string of the molecule is COc1ccc(CNC(=O)CCn2ccc3cc(S(=O)(=O)N4CCCCC4)ccc32)c(OC)c1. The lowest BCUT2D eigenvalue weighted by Crippen LogP contribution is -2.35. The molecule has 0 saturated carbocycles. The molecular weight excluding hydrogens is 454 g/mol. The van der Waals surface area contributed by atoms with Gasteiger partial charge in [-0.1, -0.05) is 6.42 Å². The average molecular weight is 486 g/mol. The van der Waals surface area contributed by atoms with Gasteiger partial charge >= 0.3 is 0 Å². The summed E-state index contributed by atoms with van der Waals surface area (Å²) in [5.74, 6) is 1.27. The fourth-order valence-corrected chi connectivity index (χ4v) is 5.84. The zero-order chi connectivity index (χ0) is 24.1. The number of methoxy groups -OCH3 is 2. The van der Waals surface area contributed by atoms with E-state index in [1.54, 1.807) is 36.7 Å². The molecule has 0 unspecified atom stereocenters. The Morgan fingerprint density at radius 1 is 1.00 bits per heavy atom. The van der Waals surface area contributed by atoms with E-state index in [0.717, 1.165) is 35.7 Å². The molecule has 2 heterocycles. The van der Waals surface area contributed by atoms with Gasteiger partial charge < -0.3 is 19.4 Å². The molecule has 3 aromatic rings. The first-order valence-corrected chi connectivity index (χ1v) is 12.9. The Morgan fingerprint density at radius 3 is 2.53 bits per heavy atom. The molecular formula is C25H31N3O5S. The van der Waals surface area contributed by atoms with Gasteiger partial charge in [0.2, 0.25) is 15.9 Å². The molecule has 4 rings (SSSR count). The number of fused-ring (bicyclic) bond motifs is 1. The van der Waals surface area contributed by atoms with Crippen molar-refractivity contribution in [2.24, 2.45) is 0 Å². The van der Waals surface area contributed by atoms with Crippen molar-refractivity contribution in [2.45, 2.75) is 43.7 Å². The summed E-state index contributed by atoms with van der Waals surface area (Å²) in [5, 5.41) is 3.78. The van der Waals surface area contributed by atoms with Gasteiger partial charge in [-0.05, 0) is 49.2 Å². The second kappa shape index (κ2) is 10.5. The average Bonchev–Trinajstić information content (AvgIpc) is 3.28. The number of aromatic nitrogens is 1. The Balaban J connectivity index is 1.38. The Kier molecular flexibility index (Phi) is 7.43. The number of sulfonamides is 1. The van der Waals surface area contributed by atoms with Crippen molar-refractivity contribution in [3.8, 4) is 11.5 Å². The maximum atomic E-state index is 13.0. The minimum absolute atomic E-state index is 0.0796. The van der Waals surface area contributed by atoms with Crippen molar-refractivity contribution in [3.05, 3.63) is 54.2 Å². The molecule has 0 atom stereocenters. The molecule has 1 saturated heterocycles. The van der Waals surface area contributed by atoms with Crippen LogP contribution in [0.5, 0.6) is 11.5 Å². The molecule has 1 amide bonds. The minimum atomic E-state index is -3.47. The third-order valence-electron chi connectivity index (χ3n) is 6.25. The Morgan fingerprint density at radius 2 is 1.79 bits per heavy atom. The molecule has 0 aliphatic carbocycles. The van der Waals surface area contributed by atoms with Gasteiger partial charge in [-0.15, -0.1) is 0 Å². The summed E-state index contributed by atoms with van der Waals surface area (Å²) in [6.07, 6.45) is 5.09. The van der Waals surface area contributed by atoms with Crippen LogP contribution < -0.4 is 14.8 Å². The molecule has 9 heteroatoms. The highest BCUT2D eigenvalue weighted by atomic mass is 32.2. The lowest BCUT2D eigenvalue weighted by Gasteiger charge is -2.25. The number of carbonyl (C=O) groups is 1. The number of piperidine rings is 1. The van der Waals surface area contributed by atoms with Crippen molar-refractivity contribution >= 4 is 26.8 Å². The van der Waals surface area contributed by atoms with Gasteiger partial charge in [-0.25, -0.2) is 8.42 Å². The summed E-state index contributed by atoms with van der Waals surface area (Å²) in [6, 6.07) is 12.6. The molecule has 8 nitrogen and oxygen atoms in total. The highest BCUT2D eigenvalue weighted by Gasteiger charge is 2.26. The molecule has 1 aromatic heterocycles. The lowest BCUT2D eigenvalue weighted by molar-refractivity contribution is -0.121. The van der Waals surface area contributed by atoms with Gasteiger partial charge in [0.15, 0.2) is 0 Å². The molecule has 0 spiro atoms. The maximum Gasteiger partial charge on any atom is 0.243 e. The first kappa shape index (κ1) is 24.1. The lowest BCUT2D eigenvalue weighted by atomic mass is 10.2. The summed E-state index contributed by atoms with van der Waals surface area (Å²) in [5.41, 5.74) is 1.77. The highest BCUT2D eigenvalue weighted by molar-refractivity contribution is 7.89. The van der Waals surface area contributed by atoms with Crippen molar-refractivity contribution in [1.29, 1.82) is 0 Å². The van der Waals surface area contributed by atoms with E-state index in [1.165, 1.54) is 0 Å². The normalized spacial score (nSPS) is 14.8. The van der Waals surface area contributed by atoms with Gasteiger partial charge in [0.1, 0.15) is 11.5 Å². The third-order valence-corrected chi connectivity index (χ3v) is 8.14. The molecule has 0 bridgehead atoms. The van der Waals surface area contributed by atoms with E-state index >= 15 is 0 Å². The summed E-state index contributed by atoms with van der Waals surface area (Å²) in [6.45, 7) is 2.02. The fraction of sp³-hybridized carbons (Fsp3) is 0.400. The third kappa shape index (κ3) is 5.20. The molecule has 34 heavy (non-hydrogen) atoms. The first-order valence-electron chi connectivity index (χ1n) is 11.5. The Labute approximate surface area is 200 Å². The van der Waals surface area contributed by atoms with Gasteiger partial charge in [0.05, 0.1) is 19.1 Å². The Hall–Kier alpha value is -3.04. The van der Waals surface area contributed by atoms with Gasteiger partial charge in [-0.2, -0.15) is 4.31 Å². The van der Waals surface area contributed by atoms with E-state index in [9.17, 15) is 13.2 Å². The van der Waals surface area contributed by atoms with Gasteiger partial charge in [0, 0.05) is 61.3 Å². The zero-order valence-electron chi connectivity index (χ0n) is 19.6. The summed E-state index contributed by atoms with van der Waals surface area (Å²) >= 11 is 0. The molecule has 1 aliphatic rings. The molecule has 0 radical (unpaired) electrons. The van der Waals surface area contributed by atoms with Gasteiger partial charge in [0.25, 0.3) is 0 Å². The molecule has 182 valence electrons. The fourth-order valence-electron chi connectivity index (χ4n) is 4.29. The number of aryl methyl sites for hydroxylation is 1. The smallest absolute Gasteiger partial charge is 0.243 e. The zero-order valence-corrected chi connectivity index (χ0v) is 20.4. The number of ether oxygens (including phenoxy) is 2. The van der Waals surface area contributed by atoms with Crippen LogP contribution in [0.25, 0.3) is 10.9 Å². The topological polar surface area (TPSA) is 89.9 Å². The van der Waals surface area contributed by atoms with E-state index in [2.05, 4.69) is 5.32 Å². The van der Waals surface area contributed by atoms with E-state index in [1.807, 2.05) is 35.0 Å². The predicted octanol–water partition coefficient (Wildman–Crippen LogP) is 3.54.